The Kier molecular flexibility index (Phi) is 6.65. The minimum Gasteiger partial charge on any atom is -0.494 e. The van der Waals surface area contributed by atoms with Gasteiger partial charge in [0.15, 0.2) is 5.60 Å². The second kappa shape index (κ2) is 8.93. The van der Waals surface area contributed by atoms with Crippen molar-refractivity contribution >= 4 is 17.6 Å². The van der Waals surface area contributed by atoms with Gasteiger partial charge in [-0.1, -0.05) is 0 Å². The van der Waals surface area contributed by atoms with Gasteiger partial charge in [-0.15, -0.1) is 0 Å². The molecule has 7 nitrogen and oxygen atoms in total. The SMILES string of the molecule is CC(C)(Oc1ccc(NCCCOc2ccc(C(=O)O)cc2)cc1)C(=O)O. The number of anilines is 1. The van der Waals surface area contributed by atoms with Gasteiger partial charge in [-0.25, -0.2) is 9.59 Å². The van der Waals surface area contributed by atoms with Crippen molar-refractivity contribution in [1.29, 1.82) is 0 Å². The molecule has 0 heterocycles. The number of aromatic carboxylic acids is 1. The summed E-state index contributed by atoms with van der Waals surface area (Å²) >= 11 is 0. The Labute approximate surface area is 157 Å². The number of rotatable bonds is 10. The van der Waals surface area contributed by atoms with Crippen LogP contribution in [0.15, 0.2) is 48.5 Å². The van der Waals surface area contributed by atoms with E-state index in [4.69, 9.17) is 19.7 Å². The van der Waals surface area contributed by atoms with Crippen molar-refractivity contribution in [3.05, 3.63) is 54.1 Å². The highest BCUT2D eigenvalue weighted by Gasteiger charge is 2.29. The van der Waals surface area contributed by atoms with Crippen molar-refractivity contribution < 1.29 is 29.3 Å². The lowest BCUT2D eigenvalue weighted by Crippen LogP contribution is -2.37. The van der Waals surface area contributed by atoms with Crippen molar-refractivity contribution in [2.24, 2.45) is 0 Å². The molecule has 0 fully saturated rings. The van der Waals surface area contributed by atoms with E-state index in [1.54, 1.807) is 24.3 Å². The quantitative estimate of drug-likeness (QED) is 0.547. The maximum atomic E-state index is 11.1. The van der Waals surface area contributed by atoms with Crippen LogP contribution in [0.5, 0.6) is 11.5 Å². The largest absolute Gasteiger partial charge is 0.494 e. The molecule has 0 amide bonds. The molecule has 144 valence electrons. The number of carbonyl (C=O) groups is 2. The van der Waals surface area contributed by atoms with Gasteiger partial charge < -0.3 is 25.0 Å². The van der Waals surface area contributed by atoms with Crippen LogP contribution in [0, 0.1) is 0 Å². The molecule has 0 radical (unpaired) electrons. The topological polar surface area (TPSA) is 105 Å². The van der Waals surface area contributed by atoms with E-state index in [0.717, 1.165) is 12.1 Å². The highest BCUT2D eigenvalue weighted by Crippen LogP contribution is 2.21. The van der Waals surface area contributed by atoms with Crippen molar-refractivity contribution in [1.82, 2.24) is 0 Å². The summed E-state index contributed by atoms with van der Waals surface area (Å²) < 4.78 is 11.0. The first-order valence-corrected chi connectivity index (χ1v) is 8.50. The second-order valence-electron chi connectivity index (χ2n) is 6.40. The first-order chi connectivity index (χ1) is 12.8. The number of carboxylic acids is 2. The van der Waals surface area contributed by atoms with Gasteiger partial charge in [0.25, 0.3) is 0 Å². The lowest BCUT2D eigenvalue weighted by atomic mass is 10.1. The molecule has 0 aromatic heterocycles. The van der Waals surface area contributed by atoms with E-state index >= 15 is 0 Å². The Bertz CT molecular complexity index is 768. The zero-order valence-electron chi connectivity index (χ0n) is 15.3. The number of hydrogen-bond donors (Lipinski definition) is 3. The third-order valence-corrected chi connectivity index (χ3v) is 3.76. The van der Waals surface area contributed by atoms with Crippen molar-refractivity contribution in [2.75, 3.05) is 18.5 Å². The summed E-state index contributed by atoms with van der Waals surface area (Å²) in [5.41, 5.74) is -0.168. The van der Waals surface area contributed by atoms with Gasteiger partial charge >= 0.3 is 11.9 Å². The summed E-state index contributed by atoms with van der Waals surface area (Å²) in [6, 6.07) is 13.3. The average Bonchev–Trinajstić information content (AvgIpc) is 2.63. The second-order valence-corrected chi connectivity index (χ2v) is 6.40. The number of nitrogens with one attached hydrogen (secondary N) is 1. The normalized spacial score (nSPS) is 10.9. The van der Waals surface area contributed by atoms with Crippen LogP contribution in [0.1, 0.15) is 30.6 Å². The van der Waals surface area contributed by atoms with Crippen LogP contribution >= 0.6 is 0 Å². The fourth-order valence-electron chi connectivity index (χ4n) is 2.17. The Hall–Kier alpha value is -3.22. The average molecular weight is 373 g/mol. The minimum atomic E-state index is -1.28. The third-order valence-electron chi connectivity index (χ3n) is 3.76. The standard InChI is InChI=1S/C20H23NO6/c1-20(2,19(24)25)27-17-10-6-15(7-11-17)21-12-3-13-26-16-8-4-14(5-9-16)18(22)23/h4-11,21H,3,12-13H2,1-2H3,(H,22,23)(H,24,25). The summed E-state index contributed by atoms with van der Waals surface area (Å²) in [5.74, 6) is -0.875. The number of aliphatic carboxylic acids is 1. The van der Waals surface area contributed by atoms with E-state index in [1.807, 2.05) is 12.1 Å². The molecule has 0 aliphatic rings. The monoisotopic (exact) mass is 373 g/mol. The van der Waals surface area contributed by atoms with Crippen LogP contribution in [0.4, 0.5) is 5.69 Å². The number of benzene rings is 2. The van der Waals surface area contributed by atoms with Gasteiger partial charge in [-0.3, -0.25) is 0 Å². The van der Waals surface area contributed by atoms with Crippen molar-refractivity contribution in [3.63, 3.8) is 0 Å². The van der Waals surface area contributed by atoms with Gasteiger partial charge in [0.2, 0.25) is 0 Å². The van der Waals surface area contributed by atoms with Crippen LogP contribution in [-0.2, 0) is 4.79 Å². The number of ether oxygens (including phenoxy) is 2. The van der Waals surface area contributed by atoms with Crippen LogP contribution in [0.2, 0.25) is 0 Å². The van der Waals surface area contributed by atoms with E-state index < -0.39 is 17.5 Å². The molecule has 3 N–H and O–H groups in total. The molecule has 27 heavy (non-hydrogen) atoms. The molecule has 0 saturated heterocycles. The molecule has 0 bridgehead atoms. The predicted octanol–water partition coefficient (Wildman–Crippen LogP) is 3.51. The van der Waals surface area contributed by atoms with E-state index in [2.05, 4.69) is 5.32 Å². The fourth-order valence-corrected chi connectivity index (χ4v) is 2.17. The van der Waals surface area contributed by atoms with E-state index in [0.29, 0.717) is 24.7 Å². The molecular weight excluding hydrogens is 350 g/mol. The molecule has 0 spiro atoms. The Balaban J connectivity index is 1.71. The molecule has 0 aliphatic heterocycles. The smallest absolute Gasteiger partial charge is 0.347 e. The lowest BCUT2D eigenvalue weighted by molar-refractivity contribution is -0.152. The van der Waals surface area contributed by atoms with E-state index in [9.17, 15) is 9.59 Å². The Morgan fingerprint density at radius 1 is 0.963 bits per heavy atom. The first kappa shape index (κ1) is 20.1. The summed E-state index contributed by atoms with van der Waals surface area (Å²) in [4.78, 5) is 21.9. The summed E-state index contributed by atoms with van der Waals surface area (Å²) in [7, 11) is 0. The highest BCUT2D eigenvalue weighted by molar-refractivity contribution is 5.87. The maximum Gasteiger partial charge on any atom is 0.347 e. The molecule has 2 aromatic rings. The first-order valence-electron chi connectivity index (χ1n) is 8.50. The lowest BCUT2D eigenvalue weighted by Gasteiger charge is -2.21. The van der Waals surface area contributed by atoms with Gasteiger partial charge in [-0.2, -0.15) is 0 Å². The van der Waals surface area contributed by atoms with Crippen molar-refractivity contribution in [3.8, 4) is 11.5 Å². The van der Waals surface area contributed by atoms with E-state index in [-0.39, 0.29) is 5.56 Å². The third kappa shape index (κ3) is 6.22. The zero-order chi connectivity index (χ0) is 19.9. The van der Waals surface area contributed by atoms with Gasteiger partial charge in [0, 0.05) is 12.2 Å². The molecule has 0 unspecified atom stereocenters. The van der Waals surface area contributed by atoms with Crippen molar-refractivity contribution in [2.45, 2.75) is 25.9 Å². The van der Waals surface area contributed by atoms with Crippen LogP contribution in [0.3, 0.4) is 0 Å². The van der Waals surface area contributed by atoms with Crippen LogP contribution in [-0.4, -0.2) is 40.9 Å². The molecule has 0 aliphatic carbocycles. The number of carboxylic acid groups (broad SMARTS) is 2. The molecule has 2 aromatic carbocycles. The molecule has 0 atom stereocenters. The summed E-state index contributed by atoms with van der Waals surface area (Å²) in [6.07, 6.45) is 0.755. The highest BCUT2D eigenvalue weighted by atomic mass is 16.5. The van der Waals surface area contributed by atoms with Crippen LogP contribution in [0.25, 0.3) is 0 Å². The number of hydrogen-bond acceptors (Lipinski definition) is 5. The van der Waals surface area contributed by atoms with Gasteiger partial charge in [-0.05, 0) is 68.8 Å². The molecule has 2 rings (SSSR count). The van der Waals surface area contributed by atoms with E-state index in [1.165, 1.54) is 26.0 Å². The summed E-state index contributed by atoms with van der Waals surface area (Å²) in [5, 5.41) is 21.2. The molecular formula is C20H23NO6. The Morgan fingerprint density at radius 2 is 1.56 bits per heavy atom. The zero-order valence-corrected chi connectivity index (χ0v) is 15.3. The molecule has 7 heteroatoms. The maximum absolute atomic E-state index is 11.1. The van der Waals surface area contributed by atoms with Crippen LogP contribution < -0.4 is 14.8 Å². The van der Waals surface area contributed by atoms with Gasteiger partial charge in [0.05, 0.1) is 12.2 Å². The fraction of sp³-hybridized carbons (Fsp3) is 0.300. The Morgan fingerprint density at radius 3 is 2.11 bits per heavy atom. The molecule has 0 saturated carbocycles. The predicted molar refractivity (Wildman–Crippen MR) is 101 cm³/mol. The van der Waals surface area contributed by atoms with Gasteiger partial charge in [0.1, 0.15) is 11.5 Å². The minimum absolute atomic E-state index is 0.225. The summed E-state index contributed by atoms with van der Waals surface area (Å²) in [6.45, 7) is 4.18.